The molecular formula is C17H18F3NO3S2. The molecule has 1 aromatic carbocycles. The average Bonchev–Trinajstić information content (AvgIpc) is 3.04. The van der Waals surface area contributed by atoms with Gasteiger partial charge in [-0.2, -0.15) is 11.3 Å². The van der Waals surface area contributed by atoms with E-state index in [1.807, 2.05) is 10.8 Å². The second-order valence-corrected chi connectivity index (χ2v) is 7.66. The maximum atomic E-state index is 12.2. The molecular weight excluding hydrogens is 387 g/mol. The molecule has 0 radical (unpaired) electrons. The third kappa shape index (κ3) is 5.54. The molecule has 1 fully saturated rings. The lowest BCUT2D eigenvalue weighted by Gasteiger charge is -2.31. The Hall–Kier alpha value is -1.42. The maximum Gasteiger partial charge on any atom is 0.573 e. The van der Waals surface area contributed by atoms with Gasteiger partial charge in [0.25, 0.3) is 0 Å². The van der Waals surface area contributed by atoms with Gasteiger partial charge < -0.3 is 14.6 Å². The Bertz CT molecular complexity index is 698. The fraction of sp³-hybridized carbons (Fsp3) is 0.412. The van der Waals surface area contributed by atoms with Crippen molar-refractivity contribution in [3.8, 4) is 11.5 Å². The lowest BCUT2D eigenvalue weighted by atomic mass is 10.1. The monoisotopic (exact) mass is 405 g/mol. The molecule has 2 aromatic rings. The first-order chi connectivity index (χ1) is 12.4. The van der Waals surface area contributed by atoms with E-state index in [-0.39, 0.29) is 18.5 Å². The zero-order chi connectivity index (χ0) is 18.6. The largest absolute Gasteiger partial charge is 0.573 e. The number of hydrogen-bond acceptors (Lipinski definition) is 6. The summed E-state index contributed by atoms with van der Waals surface area (Å²) in [7, 11) is 0. The minimum atomic E-state index is -4.69. The van der Waals surface area contributed by atoms with Gasteiger partial charge in [-0.15, -0.1) is 13.2 Å². The standard InChI is InChI=1S/C17H18F3NO3S2/c18-17(19,20)24-15-3-1-13(2-4-15)23-14-5-7-21(8-6-14)26-16-11-25-10-12(16)9-22/h1-4,10-11,14,22H,5-9H2. The van der Waals surface area contributed by atoms with Crippen molar-refractivity contribution in [2.45, 2.75) is 36.8 Å². The molecule has 0 atom stereocenters. The van der Waals surface area contributed by atoms with E-state index < -0.39 is 6.36 Å². The Labute approximate surface area is 157 Å². The molecule has 4 nitrogen and oxygen atoms in total. The molecule has 1 N–H and O–H groups in total. The smallest absolute Gasteiger partial charge is 0.490 e. The zero-order valence-corrected chi connectivity index (χ0v) is 15.4. The van der Waals surface area contributed by atoms with Gasteiger partial charge in [0, 0.05) is 28.9 Å². The third-order valence-corrected chi connectivity index (χ3v) is 6.00. The van der Waals surface area contributed by atoms with Crippen LogP contribution in [0.25, 0.3) is 0 Å². The fourth-order valence-corrected chi connectivity index (χ4v) is 4.63. The summed E-state index contributed by atoms with van der Waals surface area (Å²) in [6.45, 7) is 1.72. The Kier molecular flexibility index (Phi) is 6.33. The number of thiophene rings is 1. The van der Waals surface area contributed by atoms with E-state index in [9.17, 15) is 18.3 Å². The number of aliphatic hydroxyl groups excluding tert-OH is 1. The Morgan fingerprint density at radius 2 is 1.77 bits per heavy atom. The molecule has 26 heavy (non-hydrogen) atoms. The van der Waals surface area contributed by atoms with Crippen LogP contribution in [0.5, 0.6) is 11.5 Å². The molecule has 1 aliphatic heterocycles. The zero-order valence-electron chi connectivity index (χ0n) is 13.7. The summed E-state index contributed by atoms with van der Waals surface area (Å²) in [4.78, 5) is 1.08. The van der Waals surface area contributed by atoms with E-state index in [0.717, 1.165) is 36.4 Å². The number of halogens is 3. The van der Waals surface area contributed by atoms with E-state index in [4.69, 9.17) is 4.74 Å². The number of benzene rings is 1. The molecule has 1 aliphatic rings. The van der Waals surface area contributed by atoms with Gasteiger partial charge in [-0.05, 0) is 54.4 Å². The van der Waals surface area contributed by atoms with Crippen molar-refractivity contribution >= 4 is 23.3 Å². The molecule has 9 heteroatoms. The molecule has 0 aliphatic carbocycles. The molecule has 142 valence electrons. The summed E-state index contributed by atoms with van der Waals surface area (Å²) in [5.74, 6) is 0.276. The van der Waals surface area contributed by atoms with Gasteiger partial charge in [0.1, 0.15) is 17.6 Å². The van der Waals surface area contributed by atoms with E-state index in [1.54, 1.807) is 23.3 Å². The van der Waals surface area contributed by atoms with E-state index in [2.05, 4.69) is 9.04 Å². The van der Waals surface area contributed by atoms with Crippen LogP contribution in [0.4, 0.5) is 13.2 Å². The van der Waals surface area contributed by atoms with E-state index in [1.165, 1.54) is 24.3 Å². The van der Waals surface area contributed by atoms with Crippen molar-refractivity contribution in [2.75, 3.05) is 13.1 Å². The number of alkyl halides is 3. The van der Waals surface area contributed by atoms with Crippen LogP contribution in [-0.4, -0.2) is 35.0 Å². The number of hydrogen-bond donors (Lipinski definition) is 1. The highest BCUT2D eigenvalue weighted by Gasteiger charge is 2.31. The molecule has 0 amide bonds. The molecule has 0 saturated carbocycles. The van der Waals surface area contributed by atoms with Gasteiger partial charge in [-0.3, -0.25) is 0 Å². The molecule has 2 heterocycles. The minimum Gasteiger partial charge on any atom is -0.490 e. The van der Waals surface area contributed by atoms with Crippen molar-refractivity contribution in [1.82, 2.24) is 4.31 Å². The Morgan fingerprint density at radius 3 is 2.38 bits per heavy atom. The summed E-state index contributed by atoms with van der Waals surface area (Å²) >= 11 is 3.22. The first-order valence-electron chi connectivity index (χ1n) is 8.04. The van der Waals surface area contributed by atoms with Crippen molar-refractivity contribution in [2.24, 2.45) is 0 Å². The van der Waals surface area contributed by atoms with E-state index in [0.29, 0.717) is 5.75 Å². The van der Waals surface area contributed by atoms with Gasteiger partial charge in [0.15, 0.2) is 0 Å². The molecule has 3 rings (SSSR count). The number of nitrogens with zero attached hydrogens (tertiary/aromatic N) is 1. The normalized spacial score (nSPS) is 16.6. The van der Waals surface area contributed by atoms with Crippen LogP contribution in [0.3, 0.4) is 0 Å². The summed E-state index contributed by atoms with van der Waals surface area (Å²) in [5, 5.41) is 13.3. The first kappa shape index (κ1) is 19.3. The Morgan fingerprint density at radius 1 is 1.12 bits per heavy atom. The number of ether oxygens (including phenoxy) is 2. The van der Waals surface area contributed by atoms with Crippen molar-refractivity contribution in [3.63, 3.8) is 0 Å². The van der Waals surface area contributed by atoms with Gasteiger partial charge >= 0.3 is 6.36 Å². The second kappa shape index (κ2) is 8.51. The minimum absolute atomic E-state index is 0.0287. The SMILES string of the molecule is OCc1cscc1SN1CCC(Oc2ccc(OC(F)(F)F)cc2)CC1. The number of piperidine rings is 1. The van der Waals surface area contributed by atoms with Crippen LogP contribution in [0.1, 0.15) is 18.4 Å². The number of rotatable bonds is 6. The van der Waals surface area contributed by atoms with Crippen LogP contribution < -0.4 is 9.47 Å². The first-order valence-corrected chi connectivity index (χ1v) is 9.76. The summed E-state index contributed by atoms with van der Waals surface area (Å²) in [6, 6.07) is 5.48. The van der Waals surface area contributed by atoms with Crippen molar-refractivity contribution < 1.29 is 27.8 Å². The van der Waals surface area contributed by atoms with Crippen molar-refractivity contribution in [1.29, 1.82) is 0 Å². The molecule has 0 bridgehead atoms. The van der Waals surface area contributed by atoms with Gasteiger partial charge in [0.05, 0.1) is 6.61 Å². The average molecular weight is 405 g/mol. The van der Waals surface area contributed by atoms with Gasteiger partial charge in [0.2, 0.25) is 0 Å². The second-order valence-electron chi connectivity index (χ2n) is 5.78. The topological polar surface area (TPSA) is 41.9 Å². The van der Waals surface area contributed by atoms with E-state index >= 15 is 0 Å². The fourth-order valence-electron chi connectivity index (χ4n) is 2.60. The van der Waals surface area contributed by atoms with Crippen LogP contribution in [-0.2, 0) is 6.61 Å². The predicted octanol–water partition coefficient (Wildman–Crippen LogP) is 4.69. The summed E-state index contributed by atoms with van der Waals surface area (Å²) in [6.07, 6.45) is -3.01. The quantitative estimate of drug-likeness (QED) is 0.707. The molecule has 1 aromatic heterocycles. The van der Waals surface area contributed by atoms with Crippen LogP contribution in [0.2, 0.25) is 0 Å². The highest BCUT2D eigenvalue weighted by Crippen LogP contribution is 2.32. The van der Waals surface area contributed by atoms with Crippen LogP contribution in [0, 0.1) is 0 Å². The van der Waals surface area contributed by atoms with Gasteiger partial charge in [-0.1, -0.05) is 0 Å². The lowest BCUT2D eigenvalue weighted by molar-refractivity contribution is -0.274. The van der Waals surface area contributed by atoms with Crippen LogP contribution >= 0.6 is 23.3 Å². The van der Waals surface area contributed by atoms with Crippen LogP contribution in [0.15, 0.2) is 39.9 Å². The predicted molar refractivity (Wildman–Crippen MR) is 94.4 cm³/mol. The summed E-state index contributed by atoms with van der Waals surface area (Å²) in [5.41, 5.74) is 0.944. The molecule has 0 unspecified atom stereocenters. The van der Waals surface area contributed by atoms with Gasteiger partial charge in [-0.25, -0.2) is 4.31 Å². The third-order valence-electron chi connectivity index (χ3n) is 3.86. The highest BCUT2D eigenvalue weighted by molar-refractivity contribution is 7.97. The maximum absolute atomic E-state index is 12.2. The number of aliphatic hydroxyl groups is 1. The molecule has 1 saturated heterocycles. The Balaban J connectivity index is 1.46. The molecule has 0 spiro atoms. The highest BCUT2D eigenvalue weighted by atomic mass is 32.2. The van der Waals surface area contributed by atoms with Crippen molar-refractivity contribution in [3.05, 3.63) is 40.6 Å². The summed E-state index contributed by atoms with van der Waals surface area (Å²) < 4.78 is 48.4. The lowest BCUT2D eigenvalue weighted by Crippen LogP contribution is -2.34.